The van der Waals surface area contributed by atoms with Crippen LogP contribution in [-0.2, 0) is 23.3 Å². The maximum absolute atomic E-state index is 13.6. The molecule has 0 aromatic heterocycles. The molecule has 3 atom stereocenters. The van der Waals surface area contributed by atoms with Gasteiger partial charge in [-0.15, -0.1) is 0 Å². The van der Waals surface area contributed by atoms with E-state index in [2.05, 4.69) is 0 Å². The van der Waals surface area contributed by atoms with Gasteiger partial charge < -0.3 is 10.5 Å². The number of nitrogens with zero attached hydrogens (tertiary/aromatic N) is 1. The third-order valence-corrected chi connectivity index (χ3v) is 6.97. The van der Waals surface area contributed by atoms with Crippen molar-refractivity contribution in [2.24, 2.45) is 11.7 Å². The van der Waals surface area contributed by atoms with Gasteiger partial charge in [0.05, 0.1) is 28.5 Å². The normalized spacial score (nSPS) is 21.1. The smallest absolute Gasteiger partial charge is 0.416 e. The molecule has 1 fully saturated rings. The third kappa shape index (κ3) is 6.12. The monoisotopic (exact) mass is 568 g/mol. The van der Waals surface area contributed by atoms with Crippen molar-refractivity contribution in [3.63, 3.8) is 0 Å². The molecule has 0 saturated heterocycles. The predicted octanol–water partition coefficient (Wildman–Crippen LogP) is 8.06. The number of hydrogen-bond donors (Lipinski definition) is 1. The number of ether oxygens (including phenoxy) is 1. The van der Waals surface area contributed by atoms with E-state index < -0.39 is 71.0 Å². The minimum Gasteiger partial charge on any atom is -0.446 e. The van der Waals surface area contributed by atoms with Crippen molar-refractivity contribution in [2.75, 3.05) is 4.90 Å². The maximum Gasteiger partial charge on any atom is 0.416 e. The maximum atomic E-state index is 13.6. The molecule has 4 rings (SSSR count). The minimum atomic E-state index is -5.13. The highest BCUT2D eigenvalue weighted by atomic mass is 19.4. The Morgan fingerprint density at radius 1 is 0.872 bits per heavy atom. The van der Waals surface area contributed by atoms with Crippen molar-refractivity contribution in [3.8, 4) is 0 Å². The summed E-state index contributed by atoms with van der Waals surface area (Å²) >= 11 is 0. The van der Waals surface area contributed by atoms with E-state index in [1.165, 1.54) is 4.90 Å². The summed E-state index contributed by atoms with van der Waals surface area (Å²) in [5.74, 6) is -1.21. The first-order valence-electron chi connectivity index (χ1n) is 12.1. The van der Waals surface area contributed by atoms with Crippen molar-refractivity contribution in [1.29, 1.82) is 0 Å². The summed E-state index contributed by atoms with van der Waals surface area (Å²) in [5, 5.41) is 0. The van der Waals surface area contributed by atoms with Gasteiger partial charge in [-0.2, -0.15) is 39.5 Å². The van der Waals surface area contributed by atoms with Crippen LogP contribution in [0.2, 0.25) is 0 Å². The van der Waals surface area contributed by atoms with Gasteiger partial charge in [-0.3, -0.25) is 4.90 Å². The molecule has 4 nitrogen and oxygen atoms in total. The van der Waals surface area contributed by atoms with E-state index in [1.54, 1.807) is 13.8 Å². The number of alkyl halides is 9. The molecule has 214 valence electrons. The van der Waals surface area contributed by atoms with Crippen LogP contribution in [0.1, 0.15) is 72.9 Å². The molecule has 0 bridgehead atoms. The summed E-state index contributed by atoms with van der Waals surface area (Å²) in [6.45, 7) is 3.18. The summed E-state index contributed by atoms with van der Waals surface area (Å²) < 4.78 is 127. The van der Waals surface area contributed by atoms with E-state index in [0.29, 0.717) is 25.0 Å². The molecule has 13 heteroatoms. The summed E-state index contributed by atoms with van der Waals surface area (Å²) in [5.41, 5.74) is 1.43. The SMILES string of the molecule is CC(C)OC(=O)N1c2ccc(C(F)(F)F)cc2[C@H]([C@H](N)c2cc(C(F)(F)F)cc(C(F)(F)F)c2)C[C@H]1C1CC1. The summed E-state index contributed by atoms with van der Waals surface area (Å²) in [6.07, 6.45) is -15.2. The van der Waals surface area contributed by atoms with Crippen molar-refractivity contribution in [3.05, 3.63) is 64.2 Å². The highest BCUT2D eigenvalue weighted by molar-refractivity contribution is 5.90. The molecule has 2 aromatic rings. The Bertz CT molecular complexity index is 1200. The fraction of sp³-hybridized carbons (Fsp3) is 0.500. The topological polar surface area (TPSA) is 55.6 Å². The van der Waals surface area contributed by atoms with Crippen molar-refractivity contribution < 1.29 is 49.0 Å². The van der Waals surface area contributed by atoms with Crippen LogP contribution in [0.25, 0.3) is 0 Å². The van der Waals surface area contributed by atoms with Crippen LogP contribution in [0.4, 0.5) is 50.0 Å². The standard InChI is InChI=1S/C26H25F9N2O2/c1-12(2)39-23(38)37-20-6-5-15(24(27,28)29)10-18(20)19(11-21(37)13-3-4-13)22(36)14-7-16(25(30,31)32)9-17(8-14)26(33,34)35/h5-10,12-13,19,21-22H,3-4,11,36H2,1-2H3/t19-,21+,22-/m1/s1. The molecular formula is C26H25F9N2O2. The Morgan fingerprint density at radius 3 is 1.87 bits per heavy atom. The number of anilines is 1. The molecule has 0 spiro atoms. The number of carbonyl (C=O) groups excluding carboxylic acids is 1. The lowest BCUT2D eigenvalue weighted by atomic mass is 9.77. The lowest BCUT2D eigenvalue weighted by molar-refractivity contribution is -0.143. The van der Waals surface area contributed by atoms with Gasteiger partial charge in [0.25, 0.3) is 0 Å². The Labute approximate surface area is 217 Å². The number of carbonyl (C=O) groups is 1. The van der Waals surface area contributed by atoms with Crippen LogP contribution in [0.5, 0.6) is 0 Å². The van der Waals surface area contributed by atoms with Crippen LogP contribution in [-0.4, -0.2) is 18.2 Å². The first kappa shape index (κ1) is 29.0. The van der Waals surface area contributed by atoms with Gasteiger partial charge in [-0.25, -0.2) is 4.79 Å². The van der Waals surface area contributed by atoms with Gasteiger partial charge in [0.15, 0.2) is 0 Å². The molecular weight excluding hydrogens is 543 g/mol. The van der Waals surface area contributed by atoms with Crippen LogP contribution in [0.3, 0.4) is 0 Å². The zero-order chi connectivity index (χ0) is 29.1. The largest absolute Gasteiger partial charge is 0.446 e. The number of fused-ring (bicyclic) bond motifs is 1. The first-order valence-corrected chi connectivity index (χ1v) is 12.1. The van der Waals surface area contributed by atoms with Crippen molar-refractivity contribution in [2.45, 2.75) is 75.7 Å². The number of nitrogens with two attached hydrogens (primary N) is 1. The summed E-state index contributed by atoms with van der Waals surface area (Å²) in [6, 6.07) is 1.35. The fourth-order valence-corrected chi connectivity index (χ4v) is 5.04. The molecule has 2 N–H and O–H groups in total. The molecule has 2 aliphatic rings. The third-order valence-electron chi connectivity index (χ3n) is 6.97. The average molecular weight is 568 g/mol. The fourth-order valence-electron chi connectivity index (χ4n) is 5.04. The lowest BCUT2D eigenvalue weighted by Crippen LogP contribution is -2.48. The number of rotatable bonds is 4. The highest BCUT2D eigenvalue weighted by Gasteiger charge is 2.47. The van der Waals surface area contributed by atoms with E-state index in [4.69, 9.17) is 10.5 Å². The Balaban J connectivity index is 1.88. The number of halogens is 9. The second-order valence-corrected chi connectivity index (χ2v) is 10.2. The van der Waals surface area contributed by atoms with Crippen LogP contribution < -0.4 is 10.6 Å². The van der Waals surface area contributed by atoms with Crippen LogP contribution in [0.15, 0.2) is 36.4 Å². The van der Waals surface area contributed by atoms with E-state index in [0.717, 1.165) is 18.2 Å². The molecule has 39 heavy (non-hydrogen) atoms. The van der Waals surface area contributed by atoms with E-state index in [1.807, 2.05) is 0 Å². The number of benzene rings is 2. The van der Waals surface area contributed by atoms with Crippen molar-refractivity contribution >= 4 is 11.8 Å². The van der Waals surface area contributed by atoms with E-state index in [9.17, 15) is 44.3 Å². The molecule has 0 radical (unpaired) electrons. The first-order chi connectivity index (χ1) is 17.9. The zero-order valence-corrected chi connectivity index (χ0v) is 20.7. The quantitative estimate of drug-likeness (QED) is 0.380. The molecule has 1 saturated carbocycles. The highest BCUT2D eigenvalue weighted by Crippen LogP contribution is 2.52. The molecule has 1 aliphatic heterocycles. The van der Waals surface area contributed by atoms with Crippen LogP contribution >= 0.6 is 0 Å². The van der Waals surface area contributed by atoms with Gasteiger partial charge in [0, 0.05) is 18.0 Å². The molecule has 1 amide bonds. The zero-order valence-electron chi connectivity index (χ0n) is 20.7. The van der Waals surface area contributed by atoms with Gasteiger partial charge in [0.1, 0.15) is 0 Å². The molecule has 1 aliphatic carbocycles. The Hall–Kier alpha value is -2.96. The average Bonchev–Trinajstić information content (AvgIpc) is 3.65. The van der Waals surface area contributed by atoms with Gasteiger partial charge in [-0.1, -0.05) is 0 Å². The Morgan fingerprint density at radius 2 is 1.41 bits per heavy atom. The summed E-state index contributed by atoms with van der Waals surface area (Å²) in [7, 11) is 0. The predicted molar refractivity (Wildman–Crippen MR) is 123 cm³/mol. The molecule has 0 unspecified atom stereocenters. The van der Waals surface area contributed by atoms with E-state index in [-0.39, 0.29) is 29.7 Å². The van der Waals surface area contributed by atoms with Crippen molar-refractivity contribution in [1.82, 2.24) is 0 Å². The summed E-state index contributed by atoms with van der Waals surface area (Å²) in [4.78, 5) is 14.3. The second kappa shape index (κ2) is 9.90. The van der Waals surface area contributed by atoms with Crippen LogP contribution in [0, 0.1) is 5.92 Å². The molecule has 2 aromatic carbocycles. The minimum absolute atomic E-state index is 0.0280. The van der Waals surface area contributed by atoms with Gasteiger partial charge in [0.2, 0.25) is 0 Å². The van der Waals surface area contributed by atoms with Gasteiger partial charge in [-0.05, 0) is 86.6 Å². The second-order valence-electron chi connectivity index (χ2n) is 10.2. The Kier molecular flexibility index (Phi) is 7.37. The number of amides is 1. The van der Waals surface area contributed by atoms with Gasteiger partial charge >= 0.3 is 24.6 Å². The number of hydrogen-bond acceptors (Lipinski definition) is 3. The van der Waals surface area contributed by atoms with E-state index >= 15 is 0 Å². The lowest BCUT2D eigenvalue weighted by Gasteiger charge is -2.43. The molecule has 1 heterocycles.